The summed E-state index contributed by atoms with van der Waals surface area (Å²) in [7, 11) is 1.79. The van der Waals surface area contributed by atoms with E-state index in [0.29, 0.717) is 6.54 Å². The molecule has 0 fully saturated rings. The van der Waals surface area contributed by atoms with Gasteiger partial charge in [0.1, 0.15) is 5.75 Å². The predicted molar refractivity (Wildman–Crippen MR) is 111 cm³/mol. The van der Waals surface area contributed by atoms with Crippen molar-refractivity contribution >= 4 is 5.96 Å². The minimum atomic E-state index is 0.203. The average molecular weight is 372 g/mol. The van der Waals surface area contributed by atoms with Gasteiger partial charge in [-0.15, -0.1) is 0 Å². The Hall–Kier alpha value is -2.50. The van der Waals surface area contributed by atoms with E-state index in [-0.39, 0.29) is 6.10 Å². The summed E-state index contributed by atoms with van der Waals surface area (Å²) in [6.07, 6.45) is 6.11. The van der Waals surface area contributed by atoms with Crippen LogP contribution in [0.15, 0.2) is 35.6 Å². The molecular formula is C21H33N5O. The van der Waals surface area contributed by atoms with Gasteiger partial charge in [-0.2, -0.15) is 5.10 Å². The lowest BCUT2D eigenvalue weighted by molar-refractivity contribution is 0.215. The predicted octanol–water partition coefficient (Wildman–Crippen LogP) is 3.43. The van der Waals surface area contributed by atoms with Crippen molar-refractivity contribution in [2.45, 2.75) is 59.7 Å². The van der Waals surface area contributed by atoms with Crippen molar-refractivity contribution in [3.8, 4) is 5.75 Å². The molecule has 2 rings (SSSR count). The number of guanidine groups is 1. The quantitative estimate of drug-likeness (QED) is 0.403. The second-order valence-corrected chi connectivity index (χ2v) is 6.93. The number of hydrogen-bond acceptors (Lipinski definition) is 3. The summed E-state index contributed by atoms with van der Waals surface area (Å²) >= 11 is 0. The van der Waals surface area contributed by atoms with E-state index in [1.807, 2.05) is 10.9 Å². The van der Waals surface area contributed by atoms with Crippen molar-refractivity contribution in [2.75, 3.05) is 13.6 Å². The third-order valence-electron chi connectivity index (χ3n) is 4.41. The third kappa shape index (κ3) is 6.96. The standard InChI is InChI=1S/C21H33N5O/c1-6-18(4)27-20-12-16(2)8-9-19(20)14-24-21(22-5)23-10-7-11-26-15-17(3)13-25-26/h8-9,12-13,15,18H,6-7,10-11,14H2,1-5H3,(H2,22,23,24). The Morgan fingerprint density at radius 3 is 2.74 bits per heavy atom. The van der Waals surface area contributed by atoms with Crippen LogP contribution in [0.4, 0.5) is 0 Å². The first-order valence-electron chi connectivity index (χ1n) is 9.71. The molecule has 0 aliphatic heterocycles. The molecule has 0 radical (unpaired) electrons. The highest BCUT2D eigenvalue weighted by molar-refractivity contribution is 5.79. The largest absolute Gasteiger partial charge is 0.490 e. The van der Waals surface area contributed by atoms with Gasteiger partial charge in [0, 0.05) is 38.4 Å². The van der Waals surface area contributed by atoms with E-state index < -0.39 is 0 Å². The van der Waals surface area contributed by atoms with Crippen LogP contribution in [0, 0.1) is 13.8 Å². The van der Waals surface area contributed by atoms with Crippen LogP contribution in [0.2, 0.25) is 0 Å². The topological polar surface area (TPSA) is 63.5 Å². The van der Waals surface area contributed by atoms with Crippen molar-refractivity contribution in [2.24, 2.45) is 4.99 Å². The molecule has 2 N–H and O–H groups in total. The number of aliphatic imine (C=N–C) groups is 1. The zero-order valence-corrected chi connectivity index (χ0v) is 17.2. The zero-order valence-electron chi connectivity index (χ0n) is 17.2. The molecule has 2 aromatic rings. The molecule has 0 aliphatic carbocycles. The highest BCUT2D eigenvalue weighted by Gasteiger charge is 2.08. The Morgan fingerprint density at radius 2 is 2.07 bits per heavy atom. The Bertz CT molecular complexity index is 738. The summed E-state index contributed by atoms with van der Waals surface area (Å²) in [4.78, 5) is 4.31. The second-order valence-electron chi connectivity index (χ2n) is 6.93. The van der Waals surface area contributed by atoms with E-state index in [1.54, 1.807) is 7.05 Å². The summed E-state index contributed by atoms with van der Waals surface area (Å²) in [5.41, 5.74) is 3.53. The first-order chi connectivity index (χ1) is 13.0. The average Bonchev–Trinajstić information content (AvgIpc) is 3.07. The van der Waals surface area contributed by atoms with E-state index >= 15 is 0 Å². The highest BCUT2D eigenvalue weighted by atomic mass is 16.5. The molecule has 1 atom stereocenters. The van der Waals surface area contributed by atoms with Gasteiger partial charge in [0.05, 0.1) is 12.3 Å². The van der Waals surface area contributed by atoms with Crippen LogP contribution in [0.5, 0.6) is 5.75 Å². The van der Waals surface area contributed by atoms with Gasteiger partial charge in [0.25, 0.3) is 0 Å². The van der Waals surface area contributed by atoms with Gasteiger partial charge in [-0.25, -0.2) is 0 Å². The zero-order chi connectivity index (χ0) is 19.6. The molecule has 1 aromatic carbocycles. The third-order valence-corrected chi connectivity index (χ3v) is 4.41. The van der Waals surface area contributed by atoms with Crippen molar-refractivity contribution in [3.63, 3.8) is 0 Å². The Labute approximate surface area is 163 Å². The molecular weight excluding hydrogens is 338 g/mol. The summed E-state index contributed by atoms with van der Waals surface area (Å²) in [5, 5.41) is 11.0. The van der Waals surface area contributed by atoms with Crippen LogP contribution in [0.1, 0.15) is 43.4 Å². The van der Waals surface area contributed by atoms with Gasteiger partial charge < -0.3 is 15.4 Å². The summed E-state index contributed by atoms with van der Waals surface area (Å²) in [6.45, 7) is 10.8. The fourth-order valence-corrected chi connectivity index (χ4v) is 2.65. The molecule has 0 amide bonds. The summed E-state index contributed by atoms with van der Waals surface area (Å²) in [6, 6.07) is 6.33. The van der Waals surface area contributed by atoms with Crippen molar-refractivity contribution in [1.29, 1.82) is 0 Å². The van der Waals surface area contributed by atoms with Gasteiger partial charge in [-0.3, -0.25) is 9.67 Å². The first kappa shape index (κ1) is 20.8. The van der Waals surface area contributed by atoms with E-state index in [0.717, 1.165) is 43.2 Å². The van der Waals surface area contributed by atoms with Gasteiger partial charge in [-0.05, 0) is 50.8 Å². The van der Waals surface area contributed by atoms with Crippen LogP contribution in [0.3, 0.4) is 0 Å². The lowest BCUT2D eigenvalue weighted by Gasteiger charge is -2.18. The number of hydrogen-bond donors (Lipinski definition) is 2. The summed E-state index contributed by atoms with van der Waals surface area (Å²) < 4.78 is 8.05. The van der Waals surface area contributed by atoms with E-state index in [2.05, 4.69) is 72.8 Å². The molecule has 6 nitrogen and oxygen atoms in total. The maximum Gasteiger partial charge on any atom is 0.191 e. The molecule has 0 bridgehead atoms. The highest BCUT2D eigenvalue weighted by Crippen LogP contribution is 2.22. The number of benzene rings is 1. The number of nitrogens with zero attached hydrogens (tertiary/aromatic N) is 3. The first-order valence-corrected chi connectivity index (χ1v) is 9.71. The minimum Gasteiger partial charge on any atom is -0.490 e. The molecule has 1 unspecified atom stereocenters. The van der Waals surface area contributed by atoms with Gasteiger partial charge in [0.15, 0.2) is 5.96 Å². The minimum absolute atomic E-state index is 0.203. The second kappa shape index (κ2) is 10.6. The lowest BCUT2D eigenvalue weighted by atomic mass is 10.1. The van der Waals surface area contributed by atoms with E-state index in [9.17, 15) is 0 Å². The monoisotopic (exact) mass is 371 g/mol. The van der Waals surface area contributed by atoms with Gasteiger partial charge in [0.2, 0.25) is 0 Å². The smallest absolute Gasteiger partial charge is 0.191 e. The maximum absolute atomic E-state index is 6.08. The number of nitrogens with one attached hydrogen (secondary N) is 2. The Morgan fingerprint density at radius 1 is 1.26 bits per heavy atom. The van der Waals surface area contributed by atoms with Crippen molar-refractivity contribution in [1.82, 2.24) is 20.4 Å². The van der Waals surface area contributed by atoms with E-state index in [4.69, 9.17) is 4.74 Å². The molecule has 0 aliphatic rings. The fourth-order valence-electron chi connectivity index (χ4n) is 2.65. The molecule has 0 saturated carbocycles. The summed E-state index contributed by atoms with van der Waals surface area (Å²) in [5.74, 6) is 1.74. The van der Waals surface area contributed by atoms with Crippen molar-refractivity contribution < 1.29 is 4.74 Å². The fraction of sp³-hybridized carbons (Fsp3) is 0.524. The number of aromatic nitrogens is 2. The molecule has 0 spiro atoms. The lowest BCUT2D eigenvalue weighted by Crippen LogP contribution is -2.37. The van der Waals surface area contributed by atoms with Crippen LogP contribution < -0.4 is 15.4 Å². The Balaban J connectivity index is 1.82. The molecule has 1 heterocycles. The van der Waals surface area contributed by atoms with E-state index in [1.165, 1.54) is 11.1 Å². The van der Waals surface area contributed by atoms with Crippen LogP contribution in [-0.4, -0.2) is 35.4 Å². The normalized spacial score (nSPS) is 12.7. The van der Waals surface area contributed by atoms with Gasteiger partial charge in [-0.1, -0.05) is 19.1 Å². The molecule has 6 heteroatoms. The number of rotatable bonds is 9. The molecule has 27 heavy (non-hydrogen) atoms. The van der Waals surface area contributed by atoms with Crippen LogP contribution in [0.25, 0.3) is 0 Å². The Kier molecular flexibility index (Phi) is 8.17. The molecule has 1 aromatic heterocycles. The maximum atomic E-state index is 6.08. The number of aryl methyl sites for hydroxylation is 3. The van der Waals surface area contributed by atoms with Crippen molar-refractivity contribution in [3.05, 3.63) is 47.3 Å². The molecule has 148 valence electrons. The van der Waals surface area contributed by atoms with Crippen LogP contribution in [-0.2, 0) is 13.1 Å². The SMILES string of the molecule is CCC(C)Oc1cc(C)ccc1CNC(=NC)NCCCn1cc(C)cn1. The molecule has 0 saturated heterocycles. The number of ether oxygens (including phenoxy) is 1. The van der Waals surface area contributed by atoms with Gasteiger partial charge >= 0.3 is 0 Å². The van der Waals surface area contributed by atoms with Crippen LogP contribution >= 0.6 is 0 Å².